The molecule has 0 aliphatic rings. The summed E-state index contributed by atoms with van der Waals surface area (Å²) in [5, 5.41) is 9.01. The minimum Gasteiger partial charge on any atom is -0.478 e. The van der Waals surface area contributed by atoms with Crippen molar-refractivity contribution >= 4 is 5.97 Å². The van der Waals surface area contributed by atoms with Crippen LogP contribution in [0.3, 0.4) is 0 Å². The highest BCUT2D eigenvalue weighted by Gasteiger charge is 2.18. The predicted octanol–water partition coefficient (Wildman–Crippen LogP) is 2.84. The first kappa shape index (κ1) is 13.8. The van der Waals surface area contributed by atoms with Crippen LogP contribution in [0, 0.1) is 5.92 Å². The third-order valence-electron chi connectivity index (χ3n) is 2.65. The lowest BCUT2D eigenvalue weighted by molar-refractivity contribution is 0.0691. The molecule has 0 saturated carbocycles. The van der Waals surface area contributed by atoms with Gasteiger partial charge in [0, 0.05) is 12.6 Å². The van der Waals surface area contributed by atoms with Crippen LogP contribution in [-0.2, 0) is 6.54 Å². The summed E-state index contributed by atoms with van der Waals surface area (Å²) in [5.41, 5.74) is 0.263. The molecule has 1 aromatic rings. The second-order valence-corrected chi connectivity index (χ2v) is 4.98. The Balaban J connectivity index is 2.78. The van der Waals surface area contributed by atoms with E-state index in [1.807, 2.05) is 0 Å². The molecular formula is C13H21NO3. The SMILES string of the molecule is CC(C)CN(Cc1occc1C(=O)O)C(C)C. The largest absolute Gasteiger partial charge is 0.478 e. The van der Waals surface area contributed by atoms with Crippen molar-refractivity contribution in [3.63, 3.8) is 0 Å². The van der Waals surface area contributed by atoms with Gasteiger partial charge in [-0.1, -0.05) is 13.8 Å². The van der Waals surface area contributed by atoms with Crippen LogP contribution in [0.2, 0.25) is 0 Å². The summed E-state index contributed by atoms with van der Waals surface area (Å²) in [7, 11) is 0. The molecule has 1 aromatic heterocycles. The monoisotopic (exact) mass is 239 g/mol. The fraction of sp³-hybridized carbons (Fsp3) is 0.615. The van der Waals surface area contributed by atoms with Gasteiger partial charge in [0.2, 0.25) is 0 Å². The number of carboxylic acids is 1. The number of carboxylic acid groups (broad SMARTS) is 1. The summed E-state index contributed by atoms with van der Waals surface area (Å²) in [6.07, 6.45) is 1.44. The third-order valence-corrected chi connectivity index (χ3v) is 2.65. The Bertz CT molecular complexity index is 368. The maximum atomic E-state index is 11.0. The smallest absolute Gasteiger partial charge is 0.339 e. The van der Waals surface area contributed by atoms with E-state index in [1.165, 1.54) is 12.3 Å². The molecule has 0 bridgehead atoms. The van der Waals surface area contributed by atoms with Gasteiger partial charge < -0.3 is 9.52 Å². The lowest BCUT2D eigenvalue weighted by Gasteiger charge is -2.27. The third kappa shape index (κ3) is 3.89. The van der Waals surface area contributed by atoms with Crippen molar-refractivity contribution in [2.45, 2.75) is 40.3 Å². The highest BCUT2D eigenvalue weighted by atomic mass is 16.4. The van der Waals surface area contributed by atoms with Gasteiger partial charge in [0.1, 0.15) is 11.3 Å². The maximum Gasteiger partial charge on any atom is 0.339 e. The van der Waals surface area contributed by atoms with Crippen molar-refractivity contribution in [3.05, 3.63) is 23.7 Å². The van der Waals surface area contributed by atoms with E-state index in [0.717, 1.165) is 6.54 Å². The van der Waals surface area contributed by atoms with E-state index in [4.69, 9.17) is 9.52 Å². The summed E-state index contributed by atoms with van der Waals surface area (Å²) < 4.78 is 5.27. The van der Waals surface area contributed by atoms with E-state index in [-0.39, 0.29) is 5.56 Å². The number of aromatic carboxylic acids is 1. The minimum absolute atomic E-state index is 0.263. The molecule has 0 radical (unpaired) electrons. The molecule has 0 fully saturated rings. The molecule has 0 atom stereocenters. The molecule has 0 aromatic carbocycles. The molecule has 17 heavy (non-hydrogen) atoms. The Hall–Kier alpha value is -1.29. The van der Waals surface area contributed by atoms with E-state index in [9.17, 15) is 4.79 Å². The molecule has 0 amide bonds. The van der Waals surface area contributed by atoms with Crippen LogP contribution in [-0.4, -0.2) is 28.6 Å². The van der Waals surface area contributed by atoms with Gasteiger partial charge in [-0.25, -0.2) is 4.79 Å². The lowest BCUT2D eigenvalue weighted by atomic mass is 10.1. The predicted molar refractivity (Wildman–Crippen MR) is 66.1 cm³/mol. The first-order valence-corrected chi connectivity index (χ1v) is 5.95. The number of furan rings is 1. The lowest BCUT2D eigenvalue weighted by Crippen LogP contribution is -2.33. The van der Waals surface area contributed by atoms with Gasteiger partial charge >= 0.3 is 5.97 Å². The Morgan fingerprint density at radius 1 is 1.41 bits per heavy atom. The van der Waals surface area contributed by atoms with Crippen LogP contribution >= 0.6 is 0 Å². The molecule has 4 heteroatoms. The summed E-state index contributed by atoms with van der Waals surface area (Å²) in [4.78, 5) is 13.2. The molecule has 1 heterocycles. The molecule has 1 N–H and O–H groups in total. The molecule has 0 saturated heterocycles. The van der Waals surface area contributed by atoms with Gasteiger partial charge in [-0.05, 0) is 25.8 Å². The Labute approximate surface area is 102 Å². The fourth-order valence-corrected chi connectivity index (χ4v) is 1.77. The molecular weight excluding hydrogens is 218 g/mol. The molecule has 0 aliphatic heterocycles. The summed E-state index contributed by atoms with van der Waals surface area (Å²) in [6, 6.07) is 1.87. The first-order valence-electron chi connectivity index (χ1n) is 5.95. The van der Waals surface area contributed by atoms with Crippen molar-refractivity contribution in [1.82, 2.24) is 4.90 Å². The minimum atomic E-state index is -0.929. The highest BCUT2D eigenvalue weighted by Crippen LogP contribution is 2.16. The summed E-state index contributed by atoms with van der Waals surface area (Å²) in [6.45, 7) is 9.98. The molecule has 0 aliphatic carbocycles. The van der Waals surface area contributed by atoms with Crippen molar-refractivity contribution in [2.24, 2.45) is 5.92 Å². The van der Waals surface area contributed by atoms with Crippen LogP contribution in [0.5, 0.6) is 0 Å². The Morgan fingerprint density at radius 2 is 2.06 bits per heavy atom. The number of rotatable bonds is 6. The van der Waals surface area contributed by atoms with Gasteiger partial charge in [0.05, 0.1) is 12.8 Å². The van der Waals surface area contributed by atoms with Gasteiger partial charge in [-0.3, -0.25) is 4.90 Å². The zero-order valence-electron chi connectivity index (χ0n) is 10.9. The average molecular weight is 239 g/mol. The first-order chi connectivity index (χ1) is 7.91. The van der Waals surface area contributed by atoms with Crippen molar-refractivity contribution in [1.29, 1.82) is 0 Å². The fourth-order valence-electron chi connectivity index (χ4n) is 1.77. The van der Waals surface area contributed by atoms with Gasteiger partial charge in [0.25, 0.3) is 0 Å². The van der Waals surface area contributed by atoms with Crippen LogP contribution in [0.4, 0.5) is 0 Å². The number of hydrogen-bond acceptors (Lipinski definition) is 3. The van der Waals surface area contributed by atoms with Crippen LogP contribution in [0.25, 0.3) is 0 Å². The van der Waals surface area contributed by atoms with Crippen LogP contribution in [0.15, 0.2) is 16.7 Å². The van der Waals surface area contributed by atoms with E-state index in [0.29, 0.717) is 24.3 Å². The van der Waals surface area contributed by atoms with Crippen molar-refractivity contribution in [2.75, 3.05) is 6.54 Å². The normalized spacial score (nSPS) is 11.7. The van der Waals surface area contributed by atoms with E-state index in [2.05, 4.69) is 32.6 Å². The van der Waals surface area contributed by atoms with Gasteiger partial charge in [-0.15, -0.1) is 0 Å². The van der Waals surface area contributed by atoms with E-state index < -0.39 is 5.97 Å². The summed E-state index contributed by atoms with van der Waals surface area (Å²) in [5.74, 6) is 0.148. The van der Waals surface area contributed by atoms with Crippen molar-refractivity contribution < 1.29 is 14.3 Å². The zero-order chi connectivity index (χ0) is 13.0. The molecule has 0 spiro atoms. The second kappa shape index (κ2) is 5.87. The molecule has 96 valence electrons. The Kier molecular flexibility index (Phi) is 4.75. The number of nitrogens with zero attached hydrogens (tertiary/aromatic N) is 1. The van der Waals surface area contributed by atoms with E-state index in [1.54, 1.807) is 0 Å². The Morgan fingerprint density at radius 3 is 2.53 bits per heavy atom. The standard InChI is InChI=1S/C13H21NO3/c1-9(2)7-14(10(3)4)8-12-11(13(15)16)5-6-17-12/h5-6,9-10H,7-8H2,1-4H3,(H,15,16). The number of carbonyl (C=O) groups is 1. The number of hydrogen-bond donors (Lipinski definition) is 1. The second-order valence-electron chi connectivity index (χ2n) is 4.98. The van der Waals surface area contributed by atoms with Crippen molar-refractivity contribution in [3.8, 4) is 0 Å². The molecule has 1 rings (SSSR count). The average Bonchev–Trinajstić information content (AvgIpc) is 2.63. The summed E-state index contributed by atoms with van der Waals surface area (Å²) >= 11 is 0. The van der Waals surface area contributed by atoms with Crippen LogP contribution in [0.1, 0.15) is 43.8 Å². The van der Waals surface area contributed by atoms with Gasteiger partial charge in [-0.2, -0.15) is 0 Å². The van der Waals surface area contributed by atoms with Crippen LogP contribution < -0.4 is 0 Å². The highest BCUT2D eigenvalue weighted by molar-refractivity contribution is 5.88. The zero-order valence-corrected chi connectivity index (χ0v) is 10.9. The van der Waals surface area contributed by atoms with Gasteiger partial charge in [0.15, 0.2) is 0 Å². The topological polar surface area (TPSA) is 53.7 Å². The maximum absolute atomic E-state index is 11.0. The molecule has 4 nitrogen and oxygen atoms in total. The molecule has 0 unspecified atom stereocenters. The quantitative estimate of drug-likeness (QED) is 0.829. The van der Waals surface area contributed by atoms with E-state index >= 15 is 0 Å².